The quantitative estimate of drug-likeness (QED) is 0.765. The number of amides is 1. The molecule has 1 amide bonds. The van der Waals surface area contributed by atoms with Crippen molar-refractivity contribution in [3.8, 4) is 0 Å². The van der Waals surface area contributed by atoms with Crippen molar-refractivity contribution in [1.82, 2.24) is 4.90 Å². The SMILES string of the molecule is CC(=O)SCC1CC(=O)N([C@@H](C)CO)C1. The molecule has 1 saturated heterocycles. The Morgan fingerprint density at radius 1 is 1.73 bits per heavy atom. The summed E-state index contributed by atoms with van der Waals surface area (Å²) in [4.78, 5) is 24.0. The summed E-state index contributed by atoms with van der Waals surface area (Å²) in [6, 6.07) is -0.107. The van der Waals surface area contributed by atoms with Crippen molar-refractivity contribution < 1.29 is 14.7 Å². The van der Waals surface area contributed by atoms with E-state index in [0.717, 1.165) is 0 Å². The summed E-state index contributed by atoms with van der Waals surface area (Å²) in [6.45, 7) is 4.03. The van der Waals surface area contributed by atoms with Crippen LogP contribution in [0.25, 0.3) is 0 Å². The highest BCUT2D eigenvalue weighted by Crippen LogP contribution is 2.23. The van der Waals surface area contributed by atoms with E-state index in [-0.39, 0.29) is 29.6 Å². The molecule has 1 aliphatic heterocycles. The number of hydrogen-bond acceptors (Lipinski definition) is 4. The Hall–Kier alpha value is -0.550. The van der Waals surface area contributed by atoms with Crippen molar-refractivity contribution >= 4 is 22.8 Å². The van der Waals surface area contributed by atoms with Gasteiger partial charge in [0.2, 0.25) is 5.91 Å². The lowest BCUT2D eigenvalue weighted by atomic mass is 10.1. The molecule has 1 fully saturated rings. The highest BCUT2D eigenvalue weighted by Gasteiger charge is 2.32. The van der Waals surface area contributed by atoms with Crippen LogP contribution in [0.4, 0.5) is 0 Å². The zero-order valence-corrected chi connectivity index (χ0v) is 9.92. The Labute approximate surface area is 94.0 Å². The molecule has 2 atom stereocenters. The molecule has 0 saturated carbocycles. The van der Waals surface area contributed by atoms with Crippen LogP contribution in [0.15, 0.2) is 0 Å². The first-order chi connectivity index (χ1) is 7.04. The summed E-state index contributed by atoms with van der Waals surface area (Å²) in [5.74, 6) is 1.04. The topological polar surface area (TPSA) is 57.6 Å². The third-order valence-electron chi connectivity index (χ3n) is 2.56. The lowest BCUT2D eigenvalue weighted by Crippen LogP contribution is -2.36. The second kappa shape index (κ2) is 5.51. The standard InChI is InChI=1S/C10H17NO3S/c1-7(5-12)11-4-9(3-10(11)14)6-15-8(2)13/h7,9,12H,3-6H2,1-2H3/t7-,9?/m0/s1. The molecule has 0 spiro atoms. The molecule has 1 N–H and O–H groups in total. The lowest BCUT2D eigenvalue weighted by Gasteiger charge is -2.22. The molecule has 1 unspecified atom stereocenters. The number of rotatable bonds is 4. The normalized spacial score (nSPS) is 23.3. The first-order valence-corrected chi connectivity index (χ1v) is 6.06. The van der Waals surface area contributed by atoms with Crippen LogP contribution in [0.1, 0.15) is 20.3 Å². The van der Waals surface area contributed by atoms with Crippen molar-refractivity contribution in [2.45, 2.75) is 26.3 Å². The van der Waals surface area contributed by atoms with Gasteiger partial charge in [-0.25, -0.2) is 0 Å². The van der Waals surface area contributed by atoms with E-state index in [1.807, 2.05) is 6.92 Å². The van der Waals surface area contributed by atoms with Gasteiger partial charge in [-0.15, -0.1) is 0 Å². The van der Waals surface area contributed by atoms with E-state index in [4.69, 9.17) is 5.11 Å². The fourth-order valence-corrected chi connectivity index (χ4v) is 2.37. The number of carbonyl (C=O) groups is 2. The lowest BCUT2D eigenvalue weighted by molar-refractivity contribution is -0.130. The summed E-state index contributed by atoms with van der Waals surface area (Å²) in [5.41, 5.74) is 0. The van der Waals surface area contributed by atoms with Gasteiger partial charge in [-0.3, -0.25) is 9.59 Å². The van der Waals surface area contributed by atoms with Gasteiger partial charge in [-0.1, -0.05) is 11.8 Å². The number of carbonyl (C=O) groups excluding carboxylic acids is 2. The fourth-order valence-electron chi connectivity index (χ4n) is 1.68. The molecule has 0 bridgehead atoms. The second-order valence-electron chi connectivity index (χ2n) is 3.95. The van der Waals surface area contributed by atoms with E-state index < -0.39 is 0 Å². The molecule has 0 aliphatic carbocycles. The minimum absolute atomic E-state index is 0.00168. The van der Waals surface area contributed by atoms with E-state index in [0.29, 0.717) is 18.7 Å². The Morgan fingerprint density at radius 2 is 2.40 bits per heavy atom. The maximum Gasteiger partial charge on any atom is 0.223 e. The molecule has 0 aromatic rings. The molecular formula is C10H17NO3S. The van der Waals surface area contributed by atoms with Gasteiger partial charge in [0, 0.05) is 25.6 Å². The van der Waals surface area contributed by atoms with Crippen molar-refractivity contribution in [2.75, 3.05) is 18.9 Å². The number of hydrogen-bond donors (Lipinski definition) is 1. The third-order valence-corrected chi connectivity index (χ3v) is 3.60. The van der Waals surface area contributed by atoms with Crippen LogP contribution < -0.4 is 0 Å². The molecule has 1 heterocycles. The van der Waals surface area contributed by atoms with Crippen molar-refractivity contribution in [3.05, 3.63) is 0 Å². The van der Waals surface area contributed by atoms with E-state index in [2.05, 4.69) is 0 Å². The van der Waals surface area contributed by atoms with E-state index in [1.54, 1.807) is 4.90 Å². The van der Waals surface area contributed by atoms with Gasteiger partial charge < -0.3 is 10.0 Å². The Morgan fingerprint density at radius 3 is 2.93 bits per heavy atom. The number of likely N-dealkylation sites (tertiary alicyclic amines) is 1. The molecular weight excluding hydrogens is 214 g/mol. The molecule has 1 aliphatic rings. The van der Waals surface area contributed by atoms with Gasteiger partial charge in [-0.2, -0.15) is 0 Å². The van der Waals surface area contributed by atoms with Gasteiger partial charge in [0.15, 0.2) is 5.12 Å². The number of nitrogens with zero attached hydrogens (tertiary/aromatic N) is 1. The fraction of sp³-hybridized carbons (Fsp3) is 0.800. The molecule has 15 heavy (non-hydrogen) atoms. The molecule has 5 heteroatoms. The van der Waals surface area contributed by atoms with Gasteiger partial charge in [0.05, 0.1) is 12.6 Å². The van der Waals surface area contributed by atoms with Crippen molar-refractivity contribution in [2.24, 2.45) is 5.92 Å². The van der Waals surface area contributed by atoms with Crippen LogP contribution in [0.2, 0.25) is 0 Å². The van der Waals surface area contributed by atoms with E-state index in [1.165, 1.54) is 18.7 Å². The third kappa shape index (κ3) is 3.50. The summed E-state index contributed by atoms with van der Waals surface area (Å²) in [6.07, 6.45) is 0.505. The smallest absolute Gasteiger partial charge is 0.223 e. The average molecular weight is 231 g/mol. The summed E-state index contributed by atoms with van der Waals surface area (Å²) >= 11 is 1.27. The maximum absolute atomic E-state index is 11.6. The molecule has 86 valence electrons. The number of aliphatic hydroxyl groups is 1. The van der Waals surface area contributed by atoms with Crippen molar-refractivity contribution in [3.63, 3.8) is 0 Å². The minimum atomic E-state index is -0.107. The molecule has 1 rings (SSSR count). The van der Waals surface area contributed by atoms with Crippen LogP contribution >= 0.6 is 11.8 Å². The summed E-state index contributed by atoms with van der Waals surface area (Å²) < 4.78 is 0. The number of aliphatic hydroxyl groups excluding tert-OH is 1. The predicted molar refractivity (Wildman–Crippen MR) is 59.5 cm³/mol. The number of thioether (sulfide) groups is 1. The average Bonchev–Trinajstić information content (AvgIpc) is 2.55. The minimum Gasteiger partial charge on any atom is -0.394 e. The van der Waals surface area contributed by atoms with Crippen LogP contribution in [-0.2, 0) is 9.59 Å². The summed E-state index contributed by atoms with van der Waals surface area (Å²) in [5, 5.41) is 9.06. The van der Waals surface area contributed by atoms with Gasteiger partial charge in [0.1, 0.15) is 0 Å². The molecule has 0 aromatic heterocycles. The Kier molecular flexibility index (Phi) is 4.60. The monoisotopic (exact) mass is 231 g/mol. The maximum atomic E-state index is 11.6. The second-order valence-corrected chi connectivity index (χ2v) is 5.15. The molecule has 4 nitrogen and oxygen atoms in total. The largest absolute Gasteiger partial charge is 0.394 e. The summed E-state index contributed by atoms with van der Waals surface area (Å²) in [7, 11) is 0. The van der Waals surface area contributed by atoms with Crippen molar-refractivity contribution in [1.29, 1.82) is 0 Å². The first kappa shape index (κ1) is 12.5. The Bertz CT molecular complexity index is 257. The molecule has 0 radical (unpaired) electrons. The van der Waals surface area contributed by atoms with Gasteiger partial charge >= 0.3 is 0 Å². The van der Waals surface area contributed by atoms with Gasteiger partial charge in [0.25, 0.3) is 0 Å². The zero-order valence-electron chi connectivity index (χ0n) is 9.10. The highest BCUT2D eigenvalue weighted by molar-refractivity contribution is 8.13. The highest BCUT2D eigenvalue weighted by atomic mass is 32.2. The first-order valence-electron chi connectivity index (χ1n) is 5.08. The van der Waals surface area contributed by atoms with Crippen LogP contribution in [-0.4, -0.2) is 46.0 Å². The molecule has 0 aromatic carbocycles. The predicted octanol–water partition coefficient (Wildman–Crippen LogP) is 0.495. The van der Waals surface area contributed by atoms with E-state index in [9.17, 15) is 9.59 Å². The van der Waals surface area contributed by atoms with Gasteiger partial charge in [-0.05, 0) is 12.8 Å². The van der Waals surface area contributed by atoms with Crippen LogP contribution in [0.3, 0.4) is 0 Å². The van der Waals surface area contributed by atoms with E-state index >= 15 is 0 Å². The Balaban J connectivity index is 2.41. The van der Waals surface area contributed by atoms with Crippen LogP contribution in [0.5, 0.6) is 0 Å². The zero-order chi connectivity index (χ0) is 11.4. The van der Waals surface area contributed by atoms with Crippen LogP contribution in [0, 0.1) is 5.92 Å².